The van der Waals surface area contributed by atoms with E-state index in [-0.39, 0.29) is 24.4 Å². The Hall–Kier alpha value is -1.37. The maximum absolute atomic E-state index is 12.7. The van der Waals surface area contributed by atoms with Crippen molar-refractivity contribution in [2.24, 2.45) is 5.73 Å². The molecule has 1 aliphatic rings. The number of amides is 1. The molecular weight excluding hydrogens is 380 g/mol. The Labute approximate surface area is 150 Å². The van der Waals surface area contributed by atoms with Gasteiger partial charge in [-0.1, -0.05) is 15.9 Å². The van der Waals surface area contributed by atoms with Crippen molar-refractivity contribution in [2.45, 2.75) is 25.8 Å². The van der Waals surface area contributed by atoms with Gasteiger partial charge in [0.1, 0.15) is 0 Å². The minimum absolute atomic E-state index is 0. The van der Waals surface area contributed by atoms with E-state index in [0.29, 0.717) is 5.56 Å². The van der Waals surface area contributed by atoms with Crippen LogP contribution in [0.25, 0.3) is 5.69 Å². The van der Waals surface area contributed by atoms with E-state index in [1.54, 1.807) is 10.9 Å². The number of carbonyl (C=O) groups excluding carboxylic acids is 1. The summed E-state index contributed by atoms with van der Waals surface area (Å²) in [7, 11) is 0. The number of halogens is 2. The lowest BCUT2D eigenvalue weighted by Gasteiger charge is -2.30. The number of hydrogen-bond donors (Lipinski definition) is 1. The van der Waals surface area contributed by atoms with Crippen LogP contribution in [0, 0.1) is 6.92 Å². The second kappa shape index (κ2) is 7.47. The van der Waals surface area contributed by atoms with Crippen LogP contribution in [0.5, 0.6) is 0 Å². The molecule has 0 atom stereocenters. The topological polar surface area (TPSA) is 64.2 Å². The van der Waals surface area contributed by atoms with Crippen molar-refractivity contribution in [1.29, 1.82) is 0 Å². The Morgan fingerprint density at radius 3 is 2.48 bits per heavy atom. The van der Waals surface area contributed by atoms with Crippen LogP contribution in [0.1, 0.15) is 28.9 Å². The van der Waals surface area contributed by atoms with Gasteiger partial charge in [-0.2, -0.15) is 5.10 Å². The molecule has 0 unspecified atom stereocenters. The van der Waals surface area contributed by atoms with Crippen LogP contribution in [0.3, 0.4) is 0 Å². The van der Waals surface area contributed by atoms with E-state index < -0.39 is 0 Å². The third kappa shape index (κ3) is 3.76. The monoisotopic (exact) mass is 398 g/mol. The first-order valence-electron chi connectivity index (χ1n) is 7.41. The van der Waals surface area contributed by atoms with Crippen LogP contribution < -0.4 is 5.73 Å². The zero-order valence-electron chi connectivity index (χ0n) is 12.9. The number of carbonyl (C=O) groups is 1. The molecule has 0 bridgehead atoms. The summed E-state index contributed by atoms with van der Waals surface area (Å²) in [5.74, 6) is 0.0489. The fourth-order valence-electron chi connectivity index (χ4n) is 2.74. The summed E-state index contributed by atoms with van der Waals surface area (Å²) in [6.45, 7) is 3.38. The molecule has 1 aromatic carbocycles. The number of piperidine rings is 1. The average molecular weight is 400 g/mol. The highest BCUT2D eigenvalue weighted by molar-refractivity contribution is 9.10. The number of likely N-dealkylation sites (tertiary alicyclic amines) is 1. The molecule has 1 aliphatic heterocycles. The normalized spacial score (nSPS) is 15.3. The standard InChI is InChI=1S/C16H19BrN4O.ClH/c1-11-15(16(22)20-8-6-13(18)7-9-20)10-19-21(11)14-4-2-12(17)3-5-14;/h2-5,10,13H,6-9,18H2,1H3;1H. The Morgan fingerprint density at radius 1 is 1.26 bits per heavy atom. The summed E-state index contributed by atoms with van der Waals surface area (Å²) in [6, 6.07) is 8.08. The maximum Gasteiger partial charge on any atom is 0.257 e. The van der Waals surface area contributed by atoms with Crippen LogP contribution in [-0.4, -0.2) is 39.7 Å². The van der Waals surface area contributed by atoms with Crippen molar-refractivity contribution >= 4 is 34.2 Å². The van der Waals surface area contributed by atoms with E-state index in [2.05, 4.69) is 21.0 Å². The Bertz CT molecular complexity index is 678. The molecule has 1 aromatic heterocycles. The van der Waals surface area contributed by atoms with Gasteiger partial charge in [-0.15, -0.1) is 12.4 Å². The Balaban J connectivity index is 0.00000192. The smallest absolute Gasteiger partial charge is 0.257 e. The lowest BCUT2D eigenvalue weighted by molar-refractivity contribution is 0.0714. The van der Waals surface area contributed by atoms with Gasteiger partial charge in [0, 0.05) is 23.6 Å². The number of aromatic nitrogens is 2. The molecule has 1 saturated heterocycles. The molecule has 5 nitrogen and oxygen atoms in total. The molecule has 1 fully saturated rings. The van der Waals surface area contributed by atoms with Crippen molar-refractivity contribution < 1.29 is 4.79 Å². The quantitative estimate of drug-likeness (QED) is 0.844. The molecule has 1 amide bonds. The first-order valence-corrected chi connectivity index (χ1v) is 8.21. The molecular formula is C16H20BrClN4O. The summed E-state index contributed by atoms with van der Waals surface area (Å²) < 4.78 is 2.82. The zero-order valence-corrected chi connectivity index (χ0v) is 15.3. The second-order valence-electron chi connectivity index (χ2n) is 5.66. The van der Waals surface area contributed by atoms with Crippen LogP contribution in [0.2, 0.25) is 0 Å². The fourth-order valence-corrected chi connectivity index (χ4v) is 3.00. The average Bonchev–Trinajstić information content (AvgIpc) is 2.90. The van der Waals surface area contributed by atoms with Gasteiger partial charge < -0.3 is 10.6 Å². The van der Waals surface area contributed by atoms with E-state index in [1.807, 2.05) is 36.1 Å². The van der Waals surface area contributed by atoms with E-state index in [4.69, 9.17) is 5.73 Å². The van der Waals surface area contributed by atoms with Gasteiger partial charge >= 0.3 is 0 Å². The number of hydrogen-bond acceptors (Lipinski definition) is 3. The summed E-state index contributed by atoms with van der Waals surface area (Å²) in [5.41, 5.74) is 8.37. The van der Waals surface area contributed by atoms with Gasteiger partial charge in [0.2, 0.25) is 0 Å². The molecule has 23 heavy (non-hydrogen) atoms. The minimum Gasteiger partial charge on any atom is -0.338 e. The van der Waals surface area contributed by atoms with Crippen molar-refractivity contribution in [3.05, 3.63) is 46.2 Å². The third-order valence-corrected chi connectivity index (χ3v) is 4.67. The van der Waals surface area contributed by atoms with E-state index >= 15 is 0 Å². The highest BCUT2D eigenvalue weighted by Gasteiger charge is 2.24. The molecule has 3 rings (SSSR count). The van der Waals surface area contributed by atoms with Crippen LogP contribution in [0.15, 0.2) is 34.9 Å². The highest BCUT2D eigenvalue weighted by atomic mass is 79.9. The summed E-state index contributed by atoms with van der Waals surface area (Å²) >= 11 is 3.42. The minimum atomic E-state index is 0. The van der Waals surface area contributed by atoms with Gasteiger partial charge in [0.25, 0.3) is 5.91 Å². The van der Waals surface area contributed by atoms with E-state index in [9.17, 15) is 4.79 Å². The van der Waals surface area contributed by atoms with Crippen molar-refractivity contribution in [2.75, 3.05) is 13.1 Å². The van der Waals surface area contributed by atoms with E-state index in [1.165, 1.54) is 0 Å². The fraction of sp³-hybridized carbons (Fsp3) is 0.375. The Morgan fingerprint density at radius 2 is 1.87 bits per heavy atom. The highest BCUT2D eigenvalue weighted by Crippen LogP contribution is 2.19. The molecule has 0 saturated carbocycles. The molecule has 0 radical (unpaired) electrons. The third-order valence-electron chi connectivity index (χ3n) is 4.14. The van der Waals surface area contributed by atoms with Crippen molar-refractivity contribution in [3.8, 4) is 5.69 Å². The predicted molar refractivity (Wildman–Crippen MR) is 96.4 cm³/mol. The van der Waals surface area contributed by atoms with Gasteiger partial charge in [-0.25, -0.2) is 4.68 Å². The summed E-state index contributed by atoms with van der Waals surface area (Å²) in [5, 5.41) is 4.38. The lowest BCUT2D eigenvalue weighted by Crippen LogP contribution is -2.42. The van der Waals surface area contributed by atoms with Crippen molar-refractivity contribution in [1.82, 2.24) is 14.7 Å². The van der Waals surface area contributed by atoms with Crippen LogP contribution >= 0.6 is 28.3 Å². The maximum atomic E-state index is 12.7. The molecule has 2 aromatic rings. The zero-order chi connectivity index (χ0) is 15.7. The molecule has 0 spiro atoms. The largest absolute Gasteiger partial charge is 0.338 e. The van der Waals surface area contributed by atoms with Gasteiger partial charge in [0.05, 0.1) is 23.1 Å². The number of rotatable bonds is 2. The van der Waals surface area contributed by atoms with Gasteiger partial charge in [-0.3, -0.25) is 4.79 Å². The number of nitrogens with zero attached hydrogens (tertiary/aromatic N) is 3. The molecule has 7 heteroatoms. The first-order chi connectivity index (χ1) is 10.6. The molecule has 0 aliphatic carbocycles. The number of benzene rings is 1. The van der Waals surface area contributed by atoms with E-state index in [0.717, 1.165) is 41.8 Å². The molecule has 2 N–H and O–H groups in total. The predicted octanol–water partition coefficient (Wildman–Crippen LogP) is 2.93. The second-order valence-corrected chi connectivity index (χ2v) is 6.58. The lowest BCUT2D eigenvalue weighted by atomic mass is 10.1. The van der Waals surface area contributed by atoms with Crippen LogP contribution in [0.4, 0.5) is 0 Å². The van der Waals surface area contributed by atoms with Crippen molar-refractivity contribution in [3.63, 3.8) is 0 Å². The van der Waals surface area contributed by atoms with Gasteiger partial charge in [-0.05, 0) is 44.0 Å². The number of nitrogens with two attached hydrogens (primary N) is 1. The summed E-state index contributed by atoms with van der Waals surface area (Å²) in [6.07, 6.45) is 3.39. The SMILES string of the molecule is Cc1c(C(=O)N2CCC(N)CC2)cnn1-c1ccc(Br)cc1.Cl. The molecule has 2 heterocycles. The van der Waals surface area contributed by atoms with Crippen LogP contribution in [-0.2, 0) is 0 Å². The first kappa shape index (κ1) is 18.0. The Kier molecular flexibility index (Phi) is 5.84. The van der Waals surface area contributed by atoms with Gasteiger partial charge in [0.15, 0.2) is 0 Å². The molecule has 124 valence electrons. The summed E-state index contributed by atoms with van der Waals surface area (Å²) in [4.78, 5) is 14.5.